The lowest BCUT2D eigenvalue weighted by Gasteiger charge is -2.24. The summed E-state index contributed by atoms with van der Waals surface area (Å²) >= 11 is 1.35. The van der Waals surface area contributed by atoms with Crippen molar-refractivity contribution >= 4 is 39.3 Å². The van der Waals surface area contributed by atoms with E-state index in [0.717, 1.165) is 23.5 Å². The molecule has 10 heteroatoms. The van der Waals surface area contributed by atoms with Crippen LogP contribution in [0.15, 0.2) is 34.3 Å². The number of pyridine rings is 1. The molecular formula is C24H26N6O3S. The number of likely N-dealkylation sites (tertiary alicyclic amines) is 1. The molecule has 1 unspecified atom stereocenters. The number of hydrogen-bond donors (Lipinski definition) is 1. The topological polar surface area (TPSA) is 106 Å². The number of rotatable bonds is 5. The van der Waals surface area contributed by atoms with E-state index in [9.17, 15) is 9.59 Å². The average molecular weight is 479 g/mol. The molecule has 4 aromatic heterocycles. The van der Waals surface area contributed by atoms with Gasteiger partial charge in [-0.1, -0.05) is 0 Å². The van der Waals surface area contributed by atoms with Crippen molar-refractivity contribution in [3.05, 3.63) is 47.0 Å². The van der Waals surface area contributed by atoms with Crippen molar-refractivity contribution in [1.29, 1.82) is 0 Å². The van der Waals surface area contributed by atoms with Crippen LogP contribution < -0.4 is 5.32 Å². The summed E-state index contributed by atoms with van der Waals surface area (Å²) in [5, 5.41) is 10.3. The van der Waals surface area contributed by atoms with E-state index in [1.54, 1.807) is 28.7 Å². The van der Waals surface area contributed by atoms with Gasteiger partial charge in [-0.15, -0.1) is 11.3 Å². The smallest absolute Gasteiger partial charge is 0.255 e. The van der Waals surface area contributed by atoms with Crippen LogP contribution in [-0.2, 0) is 4.79 Å². The predicted molar refractivity (Wildman–Crippen MR) is 130 cm³/mol. The third-order valence-corrected chi connectivity index (χ3v) is 6.77. The van der Waals surface area contributed by atoms with Gasteiger partial charge in [0, 0.05) is 29.7 Å². The molecule has 0 radical (unpaired) electrons. The predicted octanol–water partition coefficient (Wildman–Crippen LogP) is 4.59. The molecule has 2 amide bonds. The van der Waals surface area contributed by atoms with Crippen molar-refractivity contribution in [2.24, 2.45) is 0 Å². The fraction of sp³-hybridized carbons (Fsp3) is 0.375. The van der Waals surface area contributed by atoms with Gasteiger partial charge in [0.05, 0.1) is 22.8 Å². The van der Waals surface area contributed by atoms with Crippen LogP contribution in [0.3, 0.4) is 0 Å². The van der Waals surface area contributed by atoms with Crippen molar-refractivity contribution in [1.82, 2.24) is 24.6 Å². The van der Waals surface area contributed by atoms with Gasteiger partial charge in [-0.3, -0.25) is 9.59 Å². The number of anilines is 1. The van der Waals surface area contributed by atoms with Crippen LogP contribution in [0.25, 0.3) is 22.3 Å². The molecule has 0 aliphatic carbocycles. The summed E-state index contributed by atoms with van der Waals surface area (Å²) in [7, 11) is 0. The second kappa shape index (κ2) is 8.68. The van der Waals surface area contributed by atoms with Crippen LogP contribution >= 0.6 is 11.3 Å². The van der Waals surface area contributed by atoms with E-state index in [-0.39, 0.29) is 17.9 Å². The zero-order chi connectivity index (χ0) is 24.0. The molecule has 1 aliphatic heterocycles. The first-order valence-corrected chi connectivity index (χ1v) is 12.2. The van der Waals surface area contributed by atoms with Gasteiger partial charge in [0.15, 0.2) is 10.8 Å². The largest absolute Gasteiger partial charge is 0.466 e. The van der Waals surface area contributed by atoms with Gasteiger partial charge in [-0.2, -0.15) is 5.10 Å². The second-order valence-corrected chi connectivity index (χ2v) is 9.68. The minimum absolute atomic E-state index is 0.0685. The van der Waals surface area contributed by atoms with Crippen molar-refractivity contribution in [3.63, 3.8) is 0 Å². The summed E-state index contributed by atoms with van der Waals surface area (Å²) in [5.74, 6) is 1.09. The highest BCUT2D eigenvalue weighted by Gasteiger charge is 2.36. The second-order valence-electron chi connectivity index (χ2n) is 8.79. The number of furan rings is 1. The molecule has 0 aromatic carbocycles. The van der Waals surface area contributed by atoms with Crippen LogP contribution in [0, 0.1) is 13.8 Å². The number of amides is 2. The average Bonchev–Trinajstić information content (AvgIpc) is 3.59. The number of aryl methyl sites for hydroxylation is 2. The zero-order valence-corrected chi connectivity index (χ0v) is 20.3. The molecule has 5 rings (SSSR count). The van der Waals surface area contributed by atoms with Crippen LogP contribution in [-0.4, -0.2) is 49.0 Å². The zero-order valence-electron chi connectivity index (χ0n) is 19.5. The summed E-state index contributed by atoms with van der Waals surface area (Å²) in [6.07, 6.45) is 4.69. The highest BCUT2D eigenvalue weighted by molar-refractivity contribution is 7.13. The third kappa shape index (κ3) is 3.87. The van der Waals surface area contributed by atoms with Crippen LogP contribution in [0.5, 0.6) is 0 Å². The van der Waals surface area contributed by atoms with Crippen molar-refractivity contribution in [2.75, 3.05) is 11.9 Å². The minimum Gasteiger partial charge on any atom is -0.466 e. The van der Waals surface area contributed by atoms with Gasteiger partial charge in [-0.25, -0.2) is 14.6 Å². The first kappa shape index (κ1) is 22.3. The molecule has 0 bridgehead atoms. The highest BCUT2D eigenvalue weighted by atomic mass is 32.1. The Morgan fingerprint density at radius 1 is 1.26 bits per heavy atom. The van der Waals surface area contributed by atoms with E-state index in [1.165, 1.54) is 11.3 Å². The van der Waals surface area contributed by atoms with E-state index >= 15 is 0 Å². The number of fused-ring (bicyclic) bond motifs is 1. The Morgan fingerprint density at radius 2 is 2.09 bits per heavy atom. The molecule has 4 aromatic rings. The lowest BCUT2D eigenvalue weighted by Crippen LogP contribution is -2.43. The van der Waals surface area contributed by atoms with Crippen LogP contribution in [0.4, 0.5) is 5.13 Å². The fourth-order valence-electron chi connectivity index (χ4n) is 4.51. The van der Waals surface area contributed by atoms with Gasteiger partial charge in [-0.05, 0) is 52.7 Å². The molecular weight excluding hydrogens is 452 g/mol. The van der Waals surface area contributed by atoms with Gasteiger partial charge < -0.3 is 14.6 Å². The number of nitrogens with zero attached hydrogens (tertiary/aromatic N) is 5. The first-order valence-electron chi connectivity index (χ1n) is 11.3. The molecule has 34 heavy (non-hydrogen) atoms. The standard InChI is InChI=1S/C24H26N6O3S/c1-13(2)30-21-18(12-26-30)17(11-19(27-21)16-10-14(3)33-15(16)4)23(32)29-8-5-6-20(29)22(31)28-24-25-7-9-34-24/h7,9-13,20H,5-6,8H2,1-4H3,(H,25,28,31). The summed E-state index contributed by atoms with van der Waals surface area (Å²) < 4.78 is 7.54. The lowest BCUT2D eigenvalue weighted by molar-refractivity contribution is -0.119. The summed E-state index contributed by atoms with van der Waals surface area (Å²) in [6, 6.07) is 3.23. The van der Waals surface area contributed by atoms with E-state index in [4.69, 9.17) is 9.40 Å². The normalized spacial score (nSPS) is 16.0. The Hall–Kier alpha value is -3.53. The molecule has 0 saturated carbocycles. The molecule has 176 valence electrons. The lowest BCUT2D eigenvalue weighted by atomic mass is 10.1. The molecule has 1 fully saturated rings. The van der Waals surface area contributed by atoms with Crippen LogP contribution in [0.1, 0.15) is 54.6 Å². The van der Waals surface area contributed by atoms with Gasteiger partial charge in [0.2, 0.25) is 5.91 Å². The van der Waals surface area contributed by atoms with Crippen LogP contribution in [0.2, 0.25) is 0 Å². The quantitative estimate of drug-likeness (QED) is 0.450. The summed E-state index contributed by atoms with van der Waals surface area (Å²) in [6.45, 7) is 8.32. The molecule has 0 spiro atoms. The number of nitrogens with one attached hydrogen (secondary N) is 1. The Balaban J connectivity index is 1.57. The van der Waals surface area contributed by atoms with E-state index in [2.05, 4.69) is 15.4 Å². The number of thiazole rings is 1. The van der Waals surface area contributed by atoms with Gasteiger partial charge in [0.1, 0.15) is 17.6 Å². The number of aromatic nitrogens is 4. The Labute approximate surface area is 200 Å². The summed E-state index contributed by atoms with van der Waals surface area (Å²) in [4.78, 5) is 37.5. The maximum Gasteiger partial charge on any atom is 0.255 e. The maximum absolute atomic E-state index is 13.9. The van der Waals surface area contributed by atoms with Crippen molar-refractivity contribution in [2.45, 2.75) is 52.6 Å². The molecule has 5 heterocycles. The SMILES string of the molecule is Cc1cc(-c2cc(C(=O)N3CCCC3C(=O)Nc3nccs3)c3cnn(C(C)C)c3n2)c(C)o1. The fourth-order valence-corrected chi connectivity index (χ4v) is 5.04. The van der Waals surface area contributed by atoms with E-state index in [0.29, 0.717) is 40.4 Å². The van der Waals surface area contributed by atoms with E-state index < -0.39 is 6.04 Å². The minimum atomic E-state index is -0.555. The summed E-state index contributed by atoms with van der Waals surface area (Å²) in [5.41, 5.74) is 2.61. The molecule has 1 aliphatic rings. The first-order chi connectivity index (χ1) is 16.3. The Kier molecular flexibility index (Phi) is 5.68. The molecule has 1 N–H and O–H groups in total. The van der Waals surface area contributed by atoms with Gasteiger partial charge in [0.25, 0.3) is 5.91 Å². The maximum atomic E-state index is 13.9. The Bertz CT molecular complexity index is 1370. The van der Waals surface area contributed by atoms with Crippen molar-refractivity contribution < 1.29 is 14.0 Å². The Morgan fingerprint density at radius 3 is 2.76 bits per heavy atom. The molecule has 9 nitrogen and oxygen atoms in total. The highest BCUT2D eigenvalue weighted by Crippen LogP contribution is 2.32. The number of carbonyl (C=O) groups is 2. The van der Waals surface area contributed by atoms with E-state index in [1.807, 2.05) is 38.4 Å². The number of carbonyl (C=O) groups excluding carboxylic acids is 2. The molecule has 1 atom stereocenters. The molecule has 1 saturated heterocycles. The third-order valence-electron chi connectivity index (χ3n) is 6.08. The van der Waals surface area contributed by atoms with Crippen molar-refractivity contribution in [3.8, 4) is 11.3 Å². The number of hydrogen-bond acceptors (Lipinski definition) is 7. The van der Waals surface area contributed by atoms with Gasteiger partial charge >= 0.3 is 0 Å². The monoisotopic (exact) mass is 478 g/mol.